The van der Waals surface area contributed by atoms with E-state index < -0.39 is 12.2 Å². The van der Waals surface area contributed by atoms with Crippen molar-refractivity contribution in [3.63, 3.8) is 0 Å². The third-order valence-electron chi connectivity index (χ3n) is 3.29. The molecule has 0 radical (unpaired) electrons. The first kappa shape index (κ1) is 12.6. The number of aliphatic hydroxyl groups excluding tert-OH is 1. The van der Waals surface area contributed by atoms with E-state index in [4.69, 9.17) is 4.74 Å². The van der Waals surface area contributed by atoms with E-state index in [0.717, 1.165) is 5.56 Å². The van der Waals surface area contributed by atoms with E-state index in [1.54, 1.807) is 18.2 Å². The van der Waals surface area contributed by atoms with Crippen LogP contribution >= 0.6 is 15.9 Å². The van der Waals surface area contributed by atoms with Gasteiger partial charge < -0.3 is 9.84 Å². The summed E-state index contributed by atoms with van der Waals surface area (Å²) in [4.78, 5) is 0. The van der Waals surface area contributed by atoms with E-state index in [-0.39, 0.29) is 5.82 Å². The van der Waals surface area contributed by atoms with Crippen molar-refractivity contribution < 1.29 is 14.2 Å². The largest absolute Gasteiger partial charge is 0.485 e. The molecule has 1 unspecified atom stereocenters. The van der Waals surface area contributed by atoms with Crippen LogP contribution in [0.1, 0.15) is 29.8 Å². The molecule has 0 aliphatic carbocycles. The molecule has 0 spiro atoms. The molecule has 0 saturated heterocycles. The number of benzene rings is 2. The molecule has 98 valence electrons. The van der Waals surface area contributed by atoms with Gasteiger partial charge in [-0.15, -0.1) is 0 Å². The number of hydrogen-bond acceptors (Lipinski definition) is 2. The molecule has 0 saturated carbocycles. The van der Waals surface area contributed by atoms with Crippen LogP contribution < -0.4 is 4.74 Å². The van der Waals surface area contributed by atoms with E-state index in [2.05, 4.69) is 15.9 Å². The molecule has 1 heterocycles. The Labute approximate surface area is 119 Å². The topological polar surface area (TPSA) is 29.5 Å². The van der Waals surface area contributed by atoms with Gasteiger partial charge in [0.05, 0.1) is 6.10 Å². The third-order valence-corrected chi connectivity index (χ3v) is 3.79. The minimum Gasteiger partial charge on any atom is -0.485 e. The van der Waals surface area contributed by atoms with E-state index in [0.29, 0.717) is 22.2 Å². The average molecular weight is 323 g/mol. The summed E-state index contributed by atoms with van der Waals surface area (Å²) in [6.45, 7) is 0. The molecule has 2 aromatic rings. The minimum absolute atomic E-state index is 0.328. The lowest BCUT2D eigenvalue weighted by atomic mass is 9.95. The van der Waals surface area contributed by atoms with Crippen molar-refractivity contribution in [3.05, 3.63) is 63.9 Å². The van der Waals surface area contributed by atoms with Gasteiger partial charge in [0.25, 0.3) is 0 Å². The number of rotatable bonds is 1. The van der Waals surface area contributed by atoms with Gasteiger partial charge in [0.1, 0.15) is 17.7 Å². The molecular formula is C15H12BrFO2. The Bertz CT molecular complexity index is 615. The summed E-state index contributed by atoms with van der Waals surface area (Å²) in [6, 6.07) is 12.2. The van der Waals surface area contributed by atoms with Crippen LogP contribution in [0.3, 0.4) is 0 Å². The van der Waals surface area contributed by atoms with E-state index in [1.165, 1.54) is 6.07 Å². The molecule has 0 bridgehead atoms. The average Bonchev–Trinajstić information content (AvgIpc) is 2.38. The van der Waals surface area contributed by atoms with Gasteiger partial charge in [-0.2, -0.15) is 0 Å². The first-order valence-corrected chi connectivity index (χ1v) is 6.83. The second-order valence-electron chi connectivity index (χ2n) is 4.56. The summed E-state index contributed by atoms with van der Waals surface area (Å²) in [5, 5.41) is 10.1. The Kier molecular flexibility index (Phi) is 3.29. The lowest BCUT2D eigenvalue weighted by Crippen LogP contribution is -2.19. The maximum absolute atomic E-state index is 13.9. The summed E-state index contributed by atoms with van der Waals surface area (Å²) in [5.41, 5.74) is 1.23. The molecule has 1 aliphatic rings. The Morgan fingerprint density at radius 1 is 1.16 bits per heavy atom. The van der Waals surface area contributed by atoms with E-state index in [1.807, 2.05) is 18.2 Å². The fourth-order valence-corrected chi connectivity index (χ4v) is 2.68. The van der Waals surface area contributed by atoms with Gasteiger partial charge >= 0.3 is 0 Å². The van der Waals surface area contributed by atoms with Gasteiger partial charge in [-0.25, -0.2) is 4.39 Å². The second-order valence-corrected chi connectivity index (χ2v) is 5.48. The summed E-state index contributed by atoms with van der Waals surface area (Å²) < 4.78 is 20.4. The van der Waals surface area contributed by atoms with Crippen molar-refractivity contribution in [2.45, 2.75) is 18.6 Å². The lowest BCUT2D eigenvalue weighted by Gasteiger charge is -2.30. The fraction of sp³-hybridized carbons (Fsp3) is 0.200. The molecule has 19 heavy (non-hydrogen) atoms. The highest BCUT2D eigenvalue weighted by Crippen LogP contribution is 2.41. The quantitative estimate of drug-likeness (QED) is 0.854. The van der Waals surface area contributed by atoms with Gasteiger partial charge in [-0.1, -0.05) is 40.2 Å². The Morgan fingerprint density at radius 3 is 2.74 bits per heavy atom. The van der Waals surface area contributed by atoms with Crippen molar-refractivity contribution in [2.24, 2.45) is 0 Å². The Hall–Kier alpha value is -1.39. The monoisotopic (exact) mass is 322 g/mol. The van der Waals surface area contributed by atoms with Gasteiger partial charge in [-0.05, 0) is 18.2 Å². The molecular weight excluding hydrogens is 311 g/mol. The predicted octanol–water partition coefficient (Wildman–Crippen LogP) is 4.15. The number of aliphatic hydroxyl groups is 1. The van der Waals surface area contributed by atoms with Crippen LogP contribution in [0.4, 0.5) is 4.39 Å². The van der Waals surface area contributed by atoms with Crippen molar-refractivity contribution in [2.75, 3.05) is 0 Å². The van der Waals surface area contributed by atoms with Crippen LogP contribution in [0.2, 0.25) is 0 Å². The molecule has 4 heteroatoms. The Balaban J connectivity index is 1.97. The fourth-order valence-electron chi connectivity index (χ4n) is 2.35. The molecule has 3 rings (SSSR count). The van der Waals surface area contributed by atoms with Gasteiger partial charge in [0.2, 0.25) is 0 Å². The molecule has 2 aromatic carbocycles. The maximum atomic E-state index is 13.9. The zero-order valence-electron chi connectivity index (χ0n) is 10.0. The molecule has 0 fully saturated rings. The summed E-state index contributed by atoms with van der Waals surface area (Å²) in [6.07, 6.45) is -0.730. The third kappa shape index (κ3) is 2.38. The van der Waals surface area contributed by atoms with Crippen LogP contribution in [-0.2, 0) is 0 Å². The minimum atomic E-state index is -0.627. The maximum Gasteiger partial charge on any atom is 0.131 e. The van der Waals surface area contributed by atoms with Crippen LogP contribution in [0, 0.1) is 5.82 Å². The summed E-state index contributed by atoms with van der Waals surface area (Å²) in [7, 11) is 0. The van der Waals surface area contributed by atoms with Crippen molar-refractivity contribution in [1.29, 1.82) is 0 Å². The highest BCUT2D eigenvalue weighted by Gasteiger charge is 2.29. The van der Waals surface area contributed by atoms with E-state index >= 15 is 0 Å². The first-order valence-electron chi connectivity index (χ1n) is 6.04. The highest BCUT2D eigenvalue weighted by molar-refractivity contribution is 9.10. The highest BCUT2D eigenvalue weighted by atomic mass is 79.9. The normalized spacial score (nSPS) is 21.6. The first-order chi connectivity index (χ1) is 9.15. The summed E-state index contributed by atoms with van der Waals surface area (Å²) in [5.74, 6) is 0.291. The summed E-state index contributed by atoms with van der Waals surface area (Å²) >= 11 is 3.23. The molecule has 1 aliphatic heterocycles. The van der Waals surface area contributed by atoms with Gasteiger partial charge in [0.15, 0.2) is 0 Å². The van der Waals surface area contributed by atoms with Crippen LogP contribution in [0.15, 0.2) is 46.9 Å². The van der Waals surface area contributed by atoms with Gasteiger partial charge in [-0.3, -0.25) is 0 Å². The number of fused-ring (bicyclic) bond motifs is 1. The zero-order valence-corrected chi connectivity index (χ0v) is 11.6. The molecule has 2 atom stereocenters. The lowest BCUT2D eigenvalue weighted by molar-refractivity contribution is 0.0640. The number of para-hydroxylation sites is 1. The number of halogens is 2. The van der Waals surface area contributed by atoms with Gasteiger partial charge in [0, 0.05) is 22.0 Å². The van der Waals surface area contributed by atoms with Crippen molar-refractivity contribution >= 4 is 15.9 Å². The SMILES string of the molecule is O[C@H]1CC(c2ccc(Br)cc2F)Oc2ccccc21. The zero-order chi connectivity index (χ0) is 13.4. The van der Waals surface area contributed by atoms with Crippen LogP contribution in [0.25, 0.3) is 0 Å². The van der Waals surface area contributed by atoms with Crippen molar-refractivity contribution in [1.82, 2.24) is 0 Å². The molecule has 0 aromatic heterocycles. The van der Waals surface area contributed by atoms with Crippen LogP contribution in [-0.4, -0.2) is 5.11 Å². The predicted molar refractivity (Wildman–Crippen MR) is 73.5 cm³/mol. The standard InChI is InChI=1S/C15H12BrFO2/c16-9-5-6-10(12(17)7-9)15-8-13(18)11-3-1-2-4-14(11)19-15/h1-7,13,15,18H,8H2/t13-,15?/m0/s1. The molecule has 2 nitrogen and oxygen atoms in total. The molecule has 1 N–H and O–H groups in total. The van der Waals surface area contributed by atoms with E-state index in [9.17, 15) is 9.50 Å². The second kappa shape index (κ2) is 4.94. The number of hydrogen-bond donors (Lipinski definition) is 1. The Morgan fingerprint density at radius 2 is 1.95 bits per heavy atom. The van der Waals surface area contributed by atoms with Crippen LogP contribution in [0.5, 0.6) is 5.75 Å². The number of ether oxygens (including phenoxy) is 1. The van der Waals surface area contributed by atoms with Crippen molar-refractivity contribution in [3.8, 4) is 5.75 Å². The smallest absolute Gasteiger partial charge is 0.131 e. The molecule has 0 amide bonds.